The molecule has 0 aromatic heterocycles. The lowest BCUT2D eigenvalue weighted by Gasteiger charge is -2.35. The van der Waals surface area contributed by atoms with Crippen LogP contribution in [0.1, 0.15) is 25.0 Å². The monoisotopic (exact) mass is 470 g/mol. The fraction of sp³-hybridized carbons (Fsp3) is 0.0811. The molecule has 1 aliphatic rings. The first-order valence-electron chi connectivity index (χ1n) is 13.1. The van der Waals surface area contributed by atoms with E-state index in [2.05, 4.69) is 135 Å². The molecule has 0 nitrogen and oxygen atoms in total. The van der Waals surface area contributed by atoms with Gasteiger partial charge in [0.05, 0.1) is 0 Å². The van der Waals surface area contributed by atoms with Gasteiger partial charge < -0.3 is 0 Å². The number of hydrogen-bond acceptors (Lipinski definition) is 0. The molecule has 0 saturated heterocycles. The standard InChI is InChI=1S/C37H26/c1-37(2)34-17-8-7-14-28(34)30-16-9-15-29-27(18-19-35(37)36(29)30)32-22-25-12-5-6-13-26(25)31-20-23-10-3-4-11-24(23)21-33(31)32/h3-22H,1-2H3. The lowest BCUT2D eigenvalue weighted by Crippen LogP contribution is -2.23. The van der Waals surface area contributed by atoms with Crippen molar-refractivity contribution in [3.8, 4) is 22.3 Å². The van der Waals surface area contributed by atoms with E-state index >= 15 is 0 Å². The Labute approximate surface area is 216 Å². The lowest BCUT2D eigenvalue weighted by atomic mass is 9.68. The summed E-state index contributed by atoms with van der Waals surface area (Å²) in [7, 11) is 0. The Morgan fingerprint density at radius 1 is 0.378 bits per heavy atom. The SMILES string of the molecule is CC1(C)c2ccccc2-c2cccc3c(-c4cc5ccccc5c5cc6ccccc6cc45)ccc1c23. The van der Waals surface area contributed by atoms with Crippen LogP contribution in [0.4, 0.5) is 0 Å². The summed E-state index contributed by atoms with van der Waals surface area (Å²) >= 11 is 0. The van der Waals surface area contributed by atoms with E-state index in [1.165, 1.54) is 76.5 Å². The van der Waals surface area contributed by atoms with Crippen molar-refractivity contribution in [1.29, 1.82) is 0 Å². The van der Waals surface area contributed by atoms with Gasteiger partial charge in [0.2, 0.25) is 0 Å². The van der Waals surface area contributed by atoms with E-state index < -0.39 is 0 Å². The van der Waals surface area contributed by atoms with Gasteiger partial charge in [-0.3, -0.25) is 0 Å². The van der Waals surface area contributed by atoms with Gasteiger partial charge in [0.25, 0.3) is 0 Å². The quantitative estimate of drug-likeness (QED) is 0.165. The normalized spacial score (nSPS) is 13.9. The molecule has 7 aromatic rings. The maximum absolute atomic E-state index is 2.40. The van der Waals surface area contributed by atoms with E-state index in [-0.39, 0.29) is 5.41 Å². The molecule has 1 aliphatic carbocycles. The first-order chi connectivity index (χ1) is 18.1. The second-order valence-electron chi connectivity index (χ2n) is 10.9. The molecule has 0 unspecified atom stereocenters. The van der Waals surface area contributed by atoms with Crippen LogP contribution in [0.15, 0.2) is 121 Å². The molecule has 0 aliphatic heterocycles. The molecule has 0 heterocycles. The fourth-order valence-corrected chi connectivity index (χ4v) is 6.81. The summed E-state index contributed by atoms with van der Waals surface area (Å²) in [6, 6.07) is 45.2. The molecule has 0 fully saturated rings. The molecule has 0 radical (unpaired) electrons. The molecule has 0 bridgehead atoms. The van der Waals surface area contributed by atoms with Gasteiger partial charge in [-0.05, 0) is 94.7 Å². The number of benzene rings is 7. The Kier molecular flexibility index (Phi) is 4.10. The van der Waals surface area contributed by atoms with E-state index in [0.29, 0.717) is 0 Å². The van der Waals surface area contributed by atoms with E-state index in [4.69, 9.17) is 0 Å². The van der Waals surface area contributed by atoms with Crippen LogP contribution in [0.2, 0.25) is 0 Å². The number of hydrogen-bond donors (Lipinski definition) is 0. The molecule has 0 amide bonds. The van der Waals surface area contributed by atoms with Crippen LogP contribution in [-0.4, -0.2) is 0 Å². The van der Waals surface area contributed by atoms with E-state index in [9.17, 15) is 0 Å². The summed E-state index contributed by atoms with van der Waals surface area (Å²) in [5.41, 5.74) is 8.09. The van der Waals surface area contributed by atoms with Crippen molar-refractivity contribution in [2.45, 2.75) is 19.3 Å². The molecule has 0 N–H and O–H groups in total. The van der Waals surface area contributed by atoms with Crippen molar-refractivity contribution >= 4 is 43.1 Å². The predicted molar refractivity (Wildman–Crippen MR) is 159 cm³/mol. The largest absolute Gasteiger partial charge is 0.0619 e. The second-order valence-corrected chi connectivity index (χ2v) is 10.9. The summed E-state index contributed by atoms with van der Waals surface area (Å²) in [4.78, 5) is 0. The maximum atomic E-state index is 2.40. The zero-order valence-electron chi connectivity index (χ0n) is 21.0. The average molecular weight is 471 g/mol. The van der Waals surface area contributed by atoms with E-state index in [1.807, 2.05) is 0 Å². The molecule has 0 atom stereocenters. The minimum Gasteiger partial charge on any atom is -0.0619 e. The van der Waals surface area contributed by atoms with Gasteiger partial charge in [0.1, 0.15) is 0 Å². The van der Waals surface area contributed by atoms with Gasteiger partial charge in [-0.2, -0.15) is 0 Å². The van der Waals surface area contributed by atoms with Crippen molar-refractivity contribution in [2.24, 2.45) is 0 Å². The maximum Gasteiger partial charge on any atom is 0.0159 e. The Morgan fingerprint density at radius 2 is 1.03 bits per heavy atom. The Hall–Kier alpha value is -4.42. The molecule has 0 saturated carbocycles. The summed E-state index contributed by atoms with van der Waals surface area (Å²) in [5, 5.41) is 10.5. The lowest BCUT2D eigenvalue weighted by molar-refractivity contribution is 0.645. The molecular formula is C37H26. The third-order valence-electron chi connectivity index (χ3n) is 8.62. The Bertz CT molecular complexity index is 2060. The van der Waals surface area contributed by atoms with Crippen LogP contribution in [0.3, 0.4) is 0 Å². The topological polar surface area (TPSA) is 0 Å². The summed E-state index contributed by atoms with van der Waals surface area (Å²) in [6.07, 6.45) is 0. The minimum absolute atomic E-state index is 0.0522. The van der Waals surface area contributed by atoms with Crippen molar-refractivity contribution < 1.29 is 0 Å². The van der Waals surface area contributed by atoms with Crippen LogP contribution >= 0.6 is 0 Å². The van der Waals surface area contributed by atoms with Crippen LogP contribution in [0.25, 0.3) is 65.3 Å². The van der Waals surface area contributed by atoms with Gasteiger partial charge in [0.15, 0.2) is 0 Å². The molecule has 0 heteroatoms. The predicted octanol–water partition coefficient (Wildman–Crippen LogP) is 10.3. The Morgan fingerprint density at radius 3 is 1.86 bits per heavy atom. The summed E-state index contributed by atoms with van der Waals surface area (Å²) in [5.74, 6) is 0. The zero-order chi connectivity index (χ0) is 24.7. The third kappa shape index (κ3) is 2.79. The van der Waals surface area contributed by atoms with Crippen LogP contribution in [0.5, 0.6) is 0 Å². The van der Waals surface area contributed by atoms with E-state index in [0.717, 1.165) is 0 Å². The minimum atomic E-state index is -0.0522. The molecule has 174 valence electrons. The van der Waals surface area contributed by atoms with Crippen molar-refractivity contribution in [1.82, 2.24) is 0 Å². The highest BCUT2D eigenvalue weighted by Crippen LogP contribution is 2.51. The van der Waals surface area contributed by atoms with Crippen LogP contribution in [0, 0.1) is 0 Å². The number of rotatable bonds is 1. The first kappa shape index (κ1) is 20.7. The third-order valence-corrected chi connectivity index (χ3v) is 8.62. The molecule has 0 spiro atoms. The van der Waals surface area contributed by atoms with Gasteiger partial charge in [-0.25, -0.2) is 0 Å². The van der Waals surface area contributed by atoms with Crippen LogP contribution < -0.4 is 0 Å². The highest BCUT2D eigenvalue weighted by atomic mass is 14.4. The van der Waals surface area contributed by atoms with Gasteiger partial charge in [-0.1, -0.05) is 117 Å². The highest BCUT2D eigenvalue weighted by Gasteiger charge is 2.33. The average Bonchev–Trinajstić information content (AvgIpc) is 2.94. The van der Waals surface area contributed by atoms with E-state index in [1.54, 1.807) is 0 Å². The fourth-order valence-electron chi connectivity index (χ4n) is 6.81. The van der Waals surface area contributed by atoms with Crippen LogP contribution in [-0.2, 0) is 5.41 Å². The second kappa shape index (κ2) is 7.31. The van der Waals surface area contributed by atoms with Crippen molar-refractivity contribution in [3.63, 3.8) is 0 Å². The summed E-state index contributed by atoms with van der Waals surface area (Å²) < 4.78 is 0. The number of fused-ring (bicyclic) bond motifs is 6. The highest BCUT2D eigenvalue weighted by molar-refractivity contribution is 6.20. The molecule has 37 heavy (non-hydrogen) atoms. The van der Waals surface area contributed by atoms with Gasteiger partial charge in [-0.15, -0.1) is 0 Å². The molecule has 7 aromatic carbocycles. The van der Waals surface area contributed by atoms with Crippen molar-refractivity contribution in [2.75, 3.05) is 0 Å². The smallest absolute Gasteiger partial charge is 0.0159 e. The molecule has 8 rings (SSSR count). The zero-order valence-corrected chi connectivity index (χ0v) is 21.0. The Balaban J connectivity index is 1.54. The van der Waals surface area contributed by atoms with Crippen molar-refractivity contribution in [3.05, 3.63) is 132 Å². The molecular weight excluding hydrogens is 444 g/mol. The first-order valence-corrected chi connectivity index (χ1v) is 13.1. The van der Waals surface area contributed by atoms with Gasteiger partial charge >= 0.3 is 0 Å². The van der Waals surface area contributed by atoms with Gasteiger partial charge in [0, 0.05) is 5.41 Å². The summed E-state index contributed by atoms with van der Waals surface area (Å²) in [6.45, 7) is 4.74.